The predicted octanol–water partition coefficient (Wildman–Crippen LogP) is 0.0383. The number of nitrogens with two attached hydrogens (primary N) is 1. The van der Waals surface area contributed by atoms with E-state index in [4.69, 9.17) is 16.6 Å². The lowest BCUT2D eigenvalue weighted by atomic mass is 10.4. The highest BCUT2D eigenvalue weighted by Crippen LogP contribution is 2.13. The van der Waals surface area contributed by atoms with E-state index in [-0.39, 0.29) is 11.6 Å². The van der Waals surface area contributed by atoms with Crippen LogP contribution in [0.2, 0.25) is 0 Å². The molecule has 1 aromatic rings. The van der Waals surface area contributed by atoms with E-state index in [2.05, 4.69) is 10.6 Å². The molecule has 5 nitrogen and oxygen atoms in total. The van der Waals surface area contributed by atoms with Gasteiger partial charge in [-0.05, 0) is 19.1 Å². The second-order valence-electron chi connectivity index (χ2n) is 2.93. The van der Waals surface area contributed by atoms with Gasteiger partial charge in [0.2, 0.25) is 5.09 Å². The summed E-state index contributed by atoms with van der Waals surface area (Å²) < 4.78 is 30.4. The standard InChI is InChI=1S/C9H12N2O3S/c1-3-7(2)11-15(12,13)9-5-4-8(6-10)14-9/h1,4-5,7,11H,6,10H2,2H3. The lowest BCUT2D eigenvalue weighted by Gasteiger charge is -2.05. The minimum atomic E-state index is -3.68. The molecule has 1 aromatic heterocycles. The van der Waals surface area contributed by atoms with Crippen LogP contribution < -0.4 is 10.5 Å². The first kappa shape index (κ1) is 11.8. The third-order valence-electron chi connectivity index (χ3n) is 1.68. The van der Waals surface area contributed by atoms with Gasteiger partial charge in [0.15, 0.2) is 0 Å². The molecule has 0 aromatic carbocycles. The fourth-order valence-corrected chi connectivity index (χ4v) is 2.05. The third kappa shape index (κ3) is 2.83. The van der Waals surface area contributed by atoms with Crippen LogP contribution in [0.3, 0.4) is 0 Å². The van der Waals surface area contributed by atoms with Gasteiger partial charge in [0, 0.05) is 0 Å². The Kier molecular flexibility index (Phi) is 3.52. The molecule has 0 spiro atoms. The topological polar surface area (TPSA) is 85.3 Å². The van der Waals surface area contributed by atoms with Gasteiger partial charge < -0.3 is 10.2 Å². The zero-order valence-electron chi connectivity index (χ0n) is 8.23. The van der Waals surface area contributed by atoms with Gasteiger partial charge in [-0.1, -0.05) is 5.92 Å². The van der Waals surface area contributed by atoms with Gasteiger partial charge in [0.25, 0.3) is 10.0 Å². The summed E-state index contributed by atoms with van der Waals surface area (Å²) in [6.07, 6.45) is 5.06. The summed E-state index contributed by atoms with van der Waals surface area (Å²) in [5, 5.41) is -0.176. The fraction of sp³-hybridized carbons (Fsp3) is 0.333. The van der Waals surface area contributed by atoms with Crippen LogP contribution in [0.1, 0.15) is 12.7 Å². The first-order valence-electron chi connectivity index (χ1n) is 4.27. The highest BCUT2D eigenvalue weighted by molar-refractivity contribution is 7.89. The van der Waals surface area contributed by atoms with Crippen LogP contribution in [0, 0.1) is 12.3 Å². The summed E-state index contributed by atoms with van der Waals surface area (Å²) in [6.45, 7) is 1.71. The average Bonchev–Trinajstić information content (AvgIpc) is 2.65. The molecular formula is C9H12N2O3S. The molecule has 3 N–H and O–H groups in total. The Hall–Kier alpha value is -1.29. The monoisotopic (exact) mass is 228 g/mol. The van der Waals surface area contributed by atoms with Crippen molar-refractivity contribution in [2.45, 2.75) is 24.6 Å². The summed E-state index contributed by atoms with van der Waals surface area (Å²) >= 11 is 0. The Labute approximate surface area is 88.7 Å². The Morgan fingerprint density at radius 3 is 2.80 bits per heavy atom. The number of sulfonamides is 1. The molecule has 0 saturated carbocycles. The summed E-state index contributed by atoms with van der Waals surface area (Å²) in [7, 11) is -3.68. The highest BCUT2D eigenvalue weighted by Gasteiger charge is 2.19. The maximum atomic E-state index is 11.6. The summed E-state index contributed by atoms with van der Waals surface area (Å²) in [5.41, 5.74) is 5.29. The molecule has 1 unspecified atom stereocenters. The molecule has 0 aliphatic heterocycles. The molecule has 0 aliphatic rings. The van der Waals surface area contributed by atoms with Crippen LogP contribution in [-0.4, -0.2) is 14.5 Å². The van der Waals surface area contributed by atoms with Crippen molar-refractivity contribution in [3.63, 3.8) is 0 Å². The number of furan rings is 1. The van der Waals surface area contributed by atoms with Crippen molar-refractivity contribution < 1.29 is 12.8 Å². The van der Waals surface area contributed by atoms with Crippen LogP contribution in [0.25, 0.3) is 0 Å². The Morgan fingerprint density at radius 2 is 2.33 bits per heavy atom. The van der Waals surface area contributed by atoms with E-state index in [1.165, 1.54) is 12.1 Å². The molecule has 0 aliphatic carbocycles. The Bertz CT molecular complexity index is 470. The molecule has 6 heteroatoms. The lowest BCUT2D eigenvalue weighted by molar-refractivity contribution is 0.412. The van der Waals surface area contributed by atoms with Crippen molar-refractivity contribution in [3.05, 3.63) is 17.9 Å². The van der Waals surface area contributed by atoms with Crippen molar-refractivity contribution in [2.75, 3.05) is 0 Å². The number of hydrogen-bond acceptors (Lipinski definition) is 4. The second kappa shape index (κ2) is 4.49. The van der Waals surface area contributed by atoms with E-state index in [0.29, 0.717) is 5.76 Å². The van der Waals surface area contributed by atoms with Gasteiger partial charge in [0.1, 0.15) is 5.76 Å². The maximum absolute atomic E-state index is 11.6. The molecule has 0 radical (unpaired) electrons. The van der Waals surface area contributed by atoms with Crippen LogP contribution in [0.15, 0.2) is 21.6 Å². The molecule has 82 valence electrons. The smallest absolute Gasteiger partial charge is 0.275 e. The molecule has 0 amide bonds. The van der Waals surface area contributed by atoms with E-state index >= 15 is 0 Å². The maximum Gasteiger partial charge on any atom is 0.275 e. The van der Waals surface area contributed by atoms with Crippen molar-refractivity contribution in [3.8, 4) is 12.3 Å². The van der Waals surface area contributed by atoms with E-state index in [1.807, 2.05) is 0 Å². The zero-order chi connectivity index (χ0) is 11.5. The molecule has 0 bridgehead atoms. The zero-order valence-corrected chi connectivity index (χ0v) is 9.04. The van der Waals surface area contributed by atoms with Crippen molar-refractivity contribution in [1.29, 1.82) is 0 Å². The number of terminal acetylenes is 1. The molecule has 1 rings (SSSR count). The molecule has 1 atom stereocenters. The van der Waals surface area contributed by atoms with E-state index in [1.54, 1.807) is 6.92 Å². The van der Waals surface area contributed by atoms with Crippen LogP contribution in [0.5, 0.6) is 0 Å². The first-order chi connectivity index (χ1) is 6.99. The van der Waals surface area contributed by atoms with Gasteiger partial charge >= 0.3 is 0 Å². The van der Waals surface area contributed by atoms with Crippen molar-refractivity contribution >= 4 is 10.0 Å². The molecule has 1 heterocycles. The molecule has 15 heavy (non-hydrogen) atoms. The predicted molar refractivity (Wildman–Crippen MR) is 55.2 cm³/mol. The van der Waals surface area contributed by atoms with Gasteiger partial charge in [-0.25, -0.2) is 8.42 Å². The normalized spacial score (nSPS) is 13.4. The average molecular weight is 228 g/mol. The van der Waals surface area contributed by atoms with Gasteiger partial charge in [-0.3, -0.25) is 0 Å². The summed E-state index contributed by atoms with van der Waals surface area (Å²) in [4.78, 5) is 0. The van der Waals surface area contributed by atoms with Crippen molar-refractivity contribution in [2.24, 2.45) is 5.73 Å². The highest BCUT2D eigenvalue weighted by atomic mass is 32.2. The quantitative estimate of drug-likeness (QED) is 0.712. The van der Waals surface area contributed by atoms with E-state index < -0.39 is 16.1 Å². The molecular weight excluding hydrogens is 216 g/mol. The van der Waals surface area contributed by atoms with Crippen LogP contribution >= 0.6 is 0 Å². The minimum Gasteiger partial charge on any atom is -0.447 e. The third-order valence-corrected chi connectivity index (χ3v) is 3.10. The number of hydrogen-bond donors (Lipinski definition) is 2. The largest absolute Gasteiger partial charge is 0.447 e. The number of rotatable bonds is 4. The lowest BCUT2D eigenvalue weighted by Crippen LogP contribution is -2.31. The van der Waals surface area contributed by atoms with Crippen molar-refractivity contribution in [1.82, 2.24) is 4.72 Å². The Balaban J connectivity index is 2.92. The number of nitrogens with one attached hydrogen (secondary N) is 1. The summed E-state index contributed by atoms with van der Waals surface area (Å²) in [6, 6.07) is 2.27. The Morgan fingerprint density at radius 1 is 1.67 bits per heavy atom. The van der Waals surface area contributed by atoms with E-state index in [9.17, 15) is 8.42 Å². The second-order valence-corrected chi connectivity index (χ2v) is 4.58. The van der Waals surface area contributed by atoms with E-state index in [0.717, 1.165) is 0 Å². The molecule has 0 fully saturated rings. The summed E-state index contributed by atoms with van der Waals surface area (Å²) in [5.74, 6) is 2.66. The SMILES string of the molecule is C#CC(C)NS(=O)(=O)c1ccc(CN)o1. The van der Waals surface area contributed by atoms with Gasteiger partial charge in [-0.2, -0.15) is 4.72 Å². The first-order valence-corrected chi connectivity index (χ1v) is 5.75. The molecule has 0 saturated heterocycles. The fourth-order valence-electron chi connectivity index (χ4n) is 0.937. The minimum absolute atomic E-state index is 0.153. The van der Waals surface area contributed by atoms with Crippen LogP contribution in [0.4, 0.5) is 0 Å². The van der Waals surface area contributed by atoms with Gasteiger partial charge in [0.05, 0.1) is 12.6 Å². The van der Waals surface area contributed by atoms with Gasteiger partial charge in [-0.15, -0.1) is 6.42 Å². The van der Waals surface area contributed by atoms with Crippen LogP contribution in [-0.2, 0) is 16.6 Å².